The summed E-state index contributed by atoms with van der Waals surface area (Å²) in [5.41, 5.74) is 1.47. The van der Waals surface area contributed by atoms with Crippen LogP contribution >= 0.6 is 23.4 Å². The second kappa shape index (κ2) is 10.5. The lowest BCUT2D eigenvalue weighted by molar-refractivity contribution is -0.113. The van der Waals surface area contributed by atoms with Crippen LogP contribution in [0.4, 0.5) is 5.69 Å². The molecule has 0 saturated carbocycles. The molecule has 0 unspecified atom stereocenters. The molecule has 29 heavy (non-hydrogen) atoms. The Balaban J connectivity index is 1.64. The number of rotatable bonds is 7. The maximum atomic E-state index is 13.0. The Morgan fingerprint density at radius 3 is 2.41 bits per heavy atom. The average Bonchev–Trinajstić information content (AvgIpc) is 3.00. The zero-order valence-corrected chi connectivity index (χ0v) is 18.5. The Bertz CT molecular complexity index is 928. The van der Waals surface area contributed by atoms with Crippen LogP contribution in [0.1, 0.15) is 31.2 Å². The summed E-state index contributed by atoms with van der Waals surface area (Å²) in [4.78, 5) is 12.5. The predicted octanol–water partition coefficient (Wildman–Crippen LogP) is 4.78. The predicted molar refractivity (Wildman–Crippen MR) is 120 cm³/mol. The lowest BCUT2D eigenvalue weighted by Gasteiger charge is -2.20. The summed E-state index contributed by atoms with van der Waals surface area (Å²) in [5.74, 6) is 0.775. The molecule has 2 aromatic carbocycles. The van der Waals surface area contributed by atoms with Gasteiger partial charge in [0.25, 0.3) is 0 Å². The highest BCUT2D eigenvalue weighted by molar-refractivity contribution is 7.99. The summed E-state index contributed by atoms with van der Waals surface area (Å²) in [6.45, 7) is 1.06. The summed E-state index contributed by atoms with van der Waals surface area (Å²) in [5, 5.41) is 3.07. The Labute approximate surface area is 181 Å². The number of anilines is 1. The Morgan fingerprint density at radius 2 is 1.72 bits per heavy atom. The van der Waals surface area contributed by atoms with Gasteiger partial charge in [0.1, 0.15) is 0 Å². The van der Waals surface area contributed by atoms with Gasteiger partial charge in [0.05, 0.1) is 21.4 Å². The minimum Gasteiger partial charge on any atom is -0.324 e. The molecule has 0 atom stereocenters. The second-order valence-electron chi connectivity index (χ2n) is 6.99. The Hall–Kier alpha value is -1.54. The minimum absolute atomic E-state index is 0.163. The molecule has 1 fully saturated rings. The lowest BCUT2D eigenvalue weighted by Crippen LogP contribution is -2.32. The van der Waals surface area contributed by atoms with Crippen molar-refractivity contribution in [2.75, 3.05) is 24.2 Å². The van der Waals surface area contributed by atoms with Crippen molar-refractivity contribution in [3.05, 3.63) is 59.1 Å². The van der Waals surface area contributed by atoms with E-state index in [1.54, 1.807) is 0 Å². The number of amides is 1. The fourth-order valence-corrected chi connectivity index (χ4v) is 5.71. The zero-order chi connectivity index (χ0) is 20.7. The van der Waals surface area contributed by atoms with Gasteiger partial charge in [-0.05, 0) is 36.6 Å². The molecule has 0 aromatic heterocycles. The van der Waals surface area contributed by atoms with Crippen LogP contribution in [0, 0.1) is 0 Å². The molecule has 1 N–H and O–H groups in total. The fraction of sp³-hybridized carbons (Fsp3) is 0.381. The summed E-state index contributed by atoms with van der Waals surface area (Å²) >= 11 is 7.69. The topological polar surface area (TPSA) is 66.5 Å². The molecule has 0 bridgehead atoms. The van der Waals surface area contributed by atoms with E-state index < -0.39 is 10.0 Å². The van der Waals surface area contributed by atoms with Gasteiger partial charge in [0.2, 0.25) is 15.9 Å². The van der Waals surface area contributed by atoms with E-state index in [1.807, 2.05) is 30.3 Å². The molecule has 1 amide bonds. The highest BCUT2D eigenvalue weighted by Gasteiger charge is 2.26. The number of nitrogens with zero attached hydrogens (tertiary/aromatic N) is 1. The maximum absolute atomic E-state index is 13.0. The van der Waals surface area contributed by atoms with Crippen molar-refractivity contribution in [2.45, 2.75) is 36.3 Å². The van der Waals surface area contributed by atoms with Gasteiger partial charge in [-0.2, -0.15) is 4.31 Å². The van der Waals surface area contributed by atoms with Gasteiger partial charge in [0.15, 0.2) is 0 Å². The van der Waals surface area contributed by atoms with Crippen molar-refractivity contribution in [1.82, 2.24) is 4.31 Å². The zero-order valence-electron chi connectivity index (χ0n) is 16.1. The first kappa shape index (κ1) is 22.2. The molecule has 156 valence electrons. The second-order valence-corrected chi connectivity index (χ2v) is 10.3. The first-order chi connectivity index (χ1) is 14.0. The van der Waals surface area contributed by atoms with Gasteiger partial charge in [-0.25, -0.2) is 8.42 Å². The number of halogens is 1. The van der Waals surface area contributed by atoms with Crippen molar-refractivity contribution < 1.29 is 13.2 Å². The molecular formula is C21H25ClN2O3S2. The van der Waals surface area contributed by atoms with Gasteiger partial charge in [0, 0.05) is 18.8 Å². The number of carbonyl (C=O) groups is 1. The molecule has 3 rings (SSSR count). The van der Waals surface area contributed by atoms with Crippen molar-refractivity contribution in [2.24, 2.45) is 0 Å². The highest BCUT2D eigenvalue weighted by atomic mass is 35.5. The van der Waals surface area contributed by atoms with Gasteiger partial charge in [-0.1, -0.05) is 54.8 Å². The van der Waals surface area contributed by atoms with Crippen molar-refractivity contribution in [1.29, 1.82) is 0 Å². The maximum Gasteiger partial charge on any atom is 0.243 e. The minimum atomic E-state index is -3.60. The van der Waals surface area contributed by atoms with Crippen molar-refractivity contribution >= 4 is 45.0 Å². The molecule has 8 heteroatoms. The van der Waals surface area contributed by atoms with E-state index in [0.717, 1.165) is 37.0 Å². The van der Waals surface area contributed by atoms with Gasteiger partial charge < -0.3 is 5.32 Å². The van der Waals surface area contributed by atoms with Crippen LogP contribution in [0.15, 0.2) is 53.4 Å². The first-order valence-electron chi connectivity index (χ1n) is 9.68. The number of sulfonamides is 1. The van der Waals surface area contributed by atoms with E-state index >= 15 is 0 Å². The first-order valence-corrected chi connectivity index (χ1v) is 12.7. The Kier molecular flexibility index (Phi) is 8.00. The molecular weight excluding hydrogens is 428 g/mol. The van der Waals surface area contributed by atoms with Crippen molar-refractivity contribution in [3.63, 3.8) is 0 Å². The molecule has 0 aliphatic carbocycles. The van der Waals surface area contributed by atoms with Crippen LogP contribution < -0.4 is 5.32 Å². The average molecular weight is 453 g/mol. The Morgan fingerprint density at radius 1 is 1.03 bits per heavy atom. The van der Waals surface area contributed by atoms with E-state index in [-0.39, 0.29) is 16.6 Å². The third-order valence-electron chi connectivity index (χ3n) is 4.76. The molecule has 1 aliphatic heterocycles. The highest BCUT2D eigenvalue weighted by Crippen LogP contribution is 2.28. The van der Waals surface area contributed by atoms with Crippen LogP contribution in [0.25, 0.3) is 0 Å². The number of hydrogen-bond acceptors (Lipinski definition) is 4. The van der Waals surface area contributed by atoms with Gasteiger partial charge >= 0.3 is 0 Å². The van der Waals surface area contributed by atoms with Crippen LogP contribution in [0.5, 0.6) is 0 Å². The van der Waals surface area contributed by atoms with Crippen LogP contribution in [-0.2, 0) is 20.6 Å². The van der Waals surface area contributed by atoms with E-state index in [2.05, 4.69) is 5.32 Å². The third kappa shape index (κ3) is 6.22. The fourth-order valence-electron chi connectivity index (χ4n) is 3.21. The largest absolute Gasteiger partial charge is 0.324 e. The number of hydrogen-bond donors (Lipinski definition) is 1. The van der Waals surface area contributed by atoms with Crippen LogP contribution in [0.2, 0.25) is 5.02 Å². The lowest BCUT2D eigenvalue weighted by atomic mass is 10.2. The number of carbonyl (C=O) groups excluding carboxylic acids is 1. The van der Waals surface area contributed by atoms with E-state index in [1.165, 1.54) is 34.3 Å². The van der Waals surface area contributed by atoms with Gasteiger partial charge in [-0.3, -0.25) is 4.79 Å². The number of nitrogens with one attached hydrogen (secondary N) is 1. The normalized spacial score (nSPS) is 15.6. The van der Waals surface area contributed by atoms with E-state index in [9.17, 15) is 13.2 Å². The summed E-state index contributed by atoms with van der Waals surface area (Å²) in [7, 11) is -3.60. The summed E-state index contributed by atoms with van der Waals surface area (Å²) < 4.78 is 27.5. The number of benzene rings is 2. The van der Waals surface area contributed by atoms with E-state index in [0.29, 0.717) is 23.8 Å². The third-order valence-corrected chi connectivity index (χ3v) is 7.99. The molecule has 2 aromatic rings. The quantitative estimate of drug-likeness (QED) is 0.656. The summed E-state index contributed by atoms with van der Waals surface area (Å²) in [6.07, 6.45) is 3.84. The molecule has 1 heterocycles. The van der Waals surface area contributed by atoms with E-state index in [4.69, 9.17) is 11.6 Å². The molecule has 0 spiro atoms. The standard InChI is InChI=1S/C21H25ClN2O3S2/c22-19-11-10-18(29(26,27)24-12-6-1-2-7-13-24)14-20(19)23-21(25)16-28-15-17-8-4-3-5-9-17/h3-5,8-11,14H,1-2,6-7,12-13,15-16H2,(H,23,25). The molecule has 1 saturated heterocycles. The van der Waals surface area contributed by atoms with Crippen LogP contribution in [-0.4, -0.2) is 37.5 Å². The van der Waals surface area contributed by atoms with Crippen molar-refractivity contribution in [3.8, 4) is 0 Å². The molecule has 1 aliphatic rings. The number of thioether (sulfide) groups is 1. The van der Waals surface area contributed by atoms with Gasteiger partial charge in [-0.15, -0.1) is 11.8 Å². The molecule has 0 radical (unpaired) electrons. The molecule has 5 nitrogen and oxygen atoms in total. The smallest absolute Gasteiger partial charge is 0.243 e. The summed E-state index contributed by atoms with van der Waals surface area (Å²) in [6, 6.07) is 14.4. The van der Waals surface area contributed by atoms with Crippen LogP contribution in [0.3, 0.4) is 0 Å². The monoisotopic (exact) mass is 452 g/mol. The SMILES string of the molecule is O=C(CSCc1ccccc1)Nc1cc(S(=O)(=O)N2CCCCCC2)ccc1Cl.